The van der Waals surface area contributed by atoms with E-state index in [0.29, 0.717) is 4.47 Å². The maximum atomic E-state index is 13.1. The molecule has 1 aromatic carbocycles. The van der Waals surface area contributed by atoms with Crippen LogP contribution in [0.15, 0.2) is 35.1 Å². The summed E-state index contributed by atoms with van der Waals surface area (Å²) in [4.78, 5) is 4.18. The van der Waals surface area contributed by atoms with Gasteiger partial charge >= 0.3 is 0 Å². The molecule has 0 spiro atoms. The third-order valence-electron chi connectivity index (χ3n) is 2.16. The van der Waals surface area contributed by atoms with E-state index < -0.39 is 0 Å². The lowest BCUT2D eigenvalue weighted by Crippen LogP contribution is -2.05. The SMILES string of the molecule is CCNc1nccn1-c1ccc(F)c(Br)c1. The molecular formula is C11H11BrFN3. The minimum atomic E-state index is -0.270. The second-order valence-electron chi connectivity index (χ2n) is 3.25. The Balaban J connectivity index is 2.42. The minimum Gasteiger partial charge on any atom is -0.356 e. The Morgan fingerprint density at radius 1 is 1.50 bits per heavy atom. The predicted molar refractivity (Wildman–Crippen MR) is 65.4 cm³/mol. The lowest BCUT2D eigenvalue weighted by atomic mass is 10.3. The molecule has 0 radical (unpaired) electrons. The fourth-order valence-corrected chi connectivity index (χ4v) is 1.80. The Labute approximate surface area is 101 Å². The van der Waals surface area contributed by atoms with E-state index >= 15 is 0 Å². The Morgan fingerprint density at radius 2 is 2.31 bits per heavy atom. The van der Waals surface area contributed by atoms with Crippen LogP contribution in [0.1, 0.15) is 6.92 Å². The van der Waals surface area contributed by atoms with Crippen LogP contribution in [0.2, 0.25) is 0 Å². The van der Waals surface area contributed by atoms with Gasteiger partial charge in [0.25, 0.3) is 0 Å². The largest absolute Gasteiger partial charge is 0.356 e. The van der Waals surface area contributed by atoms with Crippen LogP contribution in [0.4, 0.5) is 10.3 Å². The van der Waals surface area contributed by atoms with Crippen molar-refractivity contribution in [3.63, 3.8) is 0 Å². The van der Waals surface area contributed by atoms with Crippen molar-refractivity contribution >= 4 is 21.9 Å². The first kappa shape index (κ1) is 11.1. The summed E-state index contributed by atoms with van der Waals surface area (Å²) in [6, 6.07) is 4.86. The number of halogens is 2. The zero-order chi connectivity index (χ0) is 11.5. The quantitative estimate of drug-likeness (QED) is 0.938. The van der Waals surface area contributed by atoms with Gasteiger partial charge < -0.3 is 5.32 Å². The third kappa shape index (κ3) is 2.09. The summed E-state index contributed by atoms with van der Waals surface area (Å²) >= 11 is 3.17. The van der Waals surface area contributed by atoms with Gasteiger partial charge in [-0.05, 0) is 41.1 Å². The third-order valence-corrected chi connectivity index (χ3v) is 2.76. The molecule has 1 aromatic heterocycles. The number of imidazole rings is 1. The molecule has 0 atom stereocenters. The molecule has 0 saturated carbocycles. The Kier molecular flexibility index (Phi) is 3.24. The van der Waals surface area contributed by atoms with Crippen LogP contribution in [0, 0.1) is 5.82 Å². The van der Waals surface area contributed by atoms with Crippen molar-refractivity contribution < 1.29 is 4.39 Å². The summed E-state index contributed by atoms with van der Waals surface area (Å²) in [7, 11) is 0. The standard InChI is InChI=1S/C11H11BrFN3/c1-2-14-11-15-5-6-16(11)8-3-4-10(13)9(12)7-8/h3-7H,2H2,1H3,(H,14,15). The fourth-order valence-electron chi connectivity index (χ4n) is 1.44. The first-order chi connectivity index (χ1) is 7.72. The van der Waals surface area contributed by atoms with E-state index in [1.807, 2.05) is 17.7 Å². The van der Waals surface area contributed by atoms with E-state index in [-0.39, 0.29) is 5.82 Å². The van der Waals surface area contributed by atoms with Gasteiger partial charge in [-0.3, -0.25) is 4.57 Å². The van der Waals surface area contributed by atoms with Gasteiger partial charge in [0.15, 0.2) is 0 Å². The van der Waals surface area contributed by atoms with Crippen LogP contribution in [0.25, 0.3) is 5.69 Å². The average molecular weight is 284 g/mol. The van der Waals surface area contributed by atoms with Crippen molar-refractivity contribution in [3.05, 3.63) is 40.9 Å². The highest BCUT2D eigenvalue weighted by Crippen LogP contribution is 2.21. The molecule has 0 aliphatic heterocycles. The Hall–Kier alpha value is -1.36. The maximum Gasteiger partial charge on any atom is 0.207 e. The van der Waals surface area contributed by atoms with Crippen molar-refractivity contribution in [2.75, 3.05) is 11.9 Å². The first-order valence-corrected chi connectivity index (χ1v) is 5.74. The number of nitrogens with one attached hydrogen (secondary N) is 1. The molecule has 16 heavy (non-hydrogen) atoms. The van der Waals surface area contributed by atoms with Gasteiger partial charge in [0.2, 0.25) is 5.95 Å². The van der Waals surface area contributed by atoms with Crippen LogP contribution in [0.5, 0.6) is 0 Å². The molecule has 0 unspecified atom stereocenters. The molecule has 2 rings (SSSR count). The second kappa shape index (κ2) is 4.65. The van der Waals surface area contributed by atoms with E-state index in [9.17, 15) is 4.39 Å². The summed E-state index contributed by atoms with van der Waals surface area (Å²) in [5, 5.41) is 3.13. The fraction of sp³-hybridized carbons (Fsp3) is 0.182. The lowest BCUT2D eigenvalue weighted by molar-refractivity contribution is 0.620. The van der Waals surface area contributed by atoms with Crippen LogP contribution in [-0.2, 0) is 0 Å². The van der Waals surface area contributed by atoms with Crippen molar-refractivity contribution in [1.29, 1.82) is 0 Å². The average Bonchev–Trinajstić information content (AvgIpc) is 2.71. The molecule has 0 aliphatic carbocycles. The van der Waals surface area contributed by atoms with Crippen LogP contribution >= 0.6 is 15.9 Å². The molecule has 0 fully saturated rings. The summed E-state index contributed by atoms with van der Waals surface area (Å²) < 4.78 is 15.4. The summed E-state index contributed by atoms with van der Waals surface area (Å²) in [5.74, 6) is 0.481. The molecule has 0 aliphatic rings. The molecule has 2 aromatic rings. The highest BCUT2D eigenvalue weighted by molar-refractivity contribution is 9.10. The second-order valence-corrected chi connectivity index (χ2v) is 4.10. The van der Waals surface area contributed by atoms with E-state index in [4.69, 9.17) is 0 Å². The van der Waals surface area contributed by atoms with Crippen molar-refractivity contribution in [1.82, 2.24) is 9.55 Å². The van der Waals surface area contributed by atoms with Gasteiger partial charge in [-0.2, -0.15) is 0 Å². The van der Waals surface area contributed by atoms with Gasteiger partial charge in [0.1, 0.15) is 5.82 Å². The maximum absolute atomic E-state index is 13.1. The molecule has 1 N–H and O–H groups in total. The molecule has 0 saturated heterocycles. The molecular weight excluding hydrogens is 273 g/mol. The minimum absolute atomic E-state index is 0.270. The Morgan fingerprint density at radius 3 is 3.00 bits per heavy atom. The predicted octanol–water partition coefficient (Wildman–Crippen LogP) is 3.21. The molecule has 84 valence electrons. The van der Waals surface area contributed by atoms with Gasteiger partial charge in [-0.15, -0.1) is 0 Å². The lowest BCUT2D eigenvalue weighted by Gasteiger charge is -2.08. The number of aromatic nitrogens is 2. The highest BCUT2D eigenvalue weighted by Gasteiger charge is 2.06. The number of hydrogen-bond donors (Lipinski definition) is 1. The van der Waals surface area contributed by atoms with Gasteiger partial charge in [-0.1, -0.05) is 0 Å². The number of benzene rings is 1. The first-order valence-electron chi connectivity index (χ1n) is 4.95. The molecule has 0 bridgehead atoms. The summed E-state index contributed by atoms with van der Waals surface area (Å²) in [6.45, 7) is 2.79. The number of rotatable bonds is 3. The molecule has 3 nitrogen and oxygen atoms in total. The zero-order valence-electron chi connectivity index (χ0n) is 8.74. The number of anilines is 1. The van der Waals surface area contributed by atoms with Gasteiger partial charge in [0.05, 0.1) is 4.47 Å². The monoisotopic (exact) mass is 283 g/mol. The smallest absolute Gasteiger partial charge is 0.207 e. The molecule has 5 heteroatoms. The van der Waals surface area contributed by atoms with Crippen molar-refractivity contribution in [2.24, 2.45) is 0 Å². The normalized spacial score (nSPS) is 10.4. The van der Waals surface area contributed by atoms with Gasteiger partial charge in [0, 0.05) is 24.6 Å². The summed E-state index contributed by atoms with van der Waals surface area (Å²) in [5.41, 5.74) is 0.863. The number of hydrogen-bond acceptors (Lipinski definition) is 2. The topological polar surface area (TPSA) is 29.9 Å². The van der Waals surface area contributed by atoms with Crippen LogP contribution in [0.3, 0.4) is 0 Å². The van der Waals surface area contributed by atoms with E-state index in [1.54, 1.807) is 18.3 Å². The van der Waals surface area contributed by atoms with E-state index in [1.165, 1.54) is 6.07 Å². The molecule has 1 heterocycles. The molecule has 0 amide bonds. The van der Waals surface area contributed by atoms with Crippen molar-refractivity contribution in [2.45, 2.75) is 6.92 Å². The van der Waals surface area contributed by atoms with E-state index in [0.717, 1.165) is 18.2 Å². The van der Waals surface area contributed by atoms with Crippen molar-refractivity contribution in [3.8, 4) is 5.69 Å². The zero-order valence-corrected chi connectivity index (χ0v) is 10.3. The summed E-state index contributed by atoms with van der Waals surface area (Å²) in [6.07, 6.45) is 3.53. The highest BCUT2D eigenvalue weighted by atomic mass is 79.9. The van der Waals surface area contributed by atoms with Crippen LogP contribution in [-0.4, -0.2) is 16.1 Å². The Bertz CT molecular complexity index is 496. The van der Waals surface area contributed by atoms with E-state index in [2.05, 4.69) is 26.2 Å². The number of nitrogens with zero attached hydrogens (tertiary/aromatic N) is 2. The van der Waals surface area contributed by atoms with Crippen LogP contribution < -0.4 is 5.32 Å². The van der Waals surface area contributed by atoms with Gasteiger partial charge in [-0.25, -0.2) is 9.37 Å².